The van der Waals surface area contributed by atoms with Gasteiger partial charge in [0.1, 0.15) is 5.71 Å². The number of rotatable bonds is 4. The number of amides is 2. The smallest absolute Gasteiger partial charge is 0.271 e. The maximum atomic E-state index is 12.9. The molecule has 4 saturated carbocycles. The summed E-state index contributed by atoms with van der Waals surface area (Å²) in [6, 6.07) is 7.88. The van der Waals surface area contributed by atoms with E-state index >= 15 is 0 Å². The van der Waals surface area contributed by atoms with Crippen molar-refractivity contribution in [2.45, 2.75) is 69.2 Å². The zero-order valence-corrected chi connectivity index (χ0v) is 19.6. The minimum atomic E-state index is -3.14. The predicted molar refractivity (Wildman–Crippen MR) is 125 cm³/mol. The van der Waals surface area contributed by atoms with Crippen molar-refractivity contribution in [3.63, 3.8) is 0 Å². The van der Waals surface area contributed by atoms with Crippen molar-refractivity contribution < 1.29 is 18.0 Å². The molecule has 2 heterocycles. The molecule has 33 heavy (non-hydrogen) atoms. The van der Waals surface area contributed by atoms with Crippen LogP contribution in [0.2, 0.25) is 0 Å². The fourth-order valence-electron chi connectivity index (χ4n) is 7.56. The molecule has 1 saturated heterocycles. The van der Waals surface area contributed by atoms with E-state index in [0.29, 0.717) is 11.8 Å². The molecule has 1 aromatic rings. The highest BCUT2D eigenvalue weighted by atomic mass is 32.2. The molecule has 1 aromatic carbocycles. The molecule has 2 aliphatic heterocycles. The van der Waals surface area contributed by atoms with Crippen molar-refractivity contribution >= 4 is 33.1 Å². The summed E-state index contributed by atoms with van der Waals surface area (Å²) in [6.07, 6.45) is 9.00. The van der Waals surface area contributed by atoms with Crippen molar-refractivity contribution in [3.8, 4) is 0 Å². The molecular formula is C25H31N3O4S. The fraction of sp³-hybridized carbons (Fsp3) is 0.640. The van der Waals surface area contributed by atoms with Gasteiger partial charge < -0.3 is 5.32 Å². The average Bonchev–Trinajstić information content (AvgIpc) is 3.13. The molecular weight excluding hydrogens is 438 g/mol. The van der Waals surface area contributed by atoms with Crippen LogP contribution in [0.4, 0.5) is 5.69 Å². The molecule has 7 nitrogen and oxygen atoms in total. The van der Waals surface area contributed by atoms with Crippen molar-refractivity contribution in [1.82, 2.24) is 5.01 Å². The third kappa shape index (κ3) is 3.90. The second kappa shape index (κ2) is 7.65. The van der Waals surface area contributed by atoms with E-state index in [4.69, 9.17) is 0 Å². The molecule has 176 valence electrons. The highest BCUT2D eigenvalue weighted by Crippen LogP contribution is 2.60. The zero-order chi connectivity index (χ0) is 22.8. The quantitative estimate of drug-likeness (QED) is 0.732. The Morgan fingerprint density at radius 1 is 1.00 bits per heavy atom. The minimum absolute atomic E-state index is 0.0641. The highest BCUT2D eigenvalue weighted by Gasteiger charge is 2.51. The number of hydrogen-bond acceptors (Lipinski definition) is 5. The van der Waals surface area contributed by atoms with E-state index in [1.165, 1.54) is 49.1 Å². The van der Waals surface area contributed by atoms with E-state index in [0.717, 1.165) is 23.4 Å². The summed E-state index contributed by atoms with van der Waals surface area (Å²) in [5, 5.41) is 8.44. The summed E-state index contributed by atoms with van der Waals surface area (Å²) >= 11 is 0. The van der Waals surface area contributed by atoms with Crippen LogP contribution in [0.25, 0.3) is 0 Å². The Labute approximate surface area is 194 Å². The van der Waals surface area contributed by atoms with Gasteiger partial charge in [0.2, 0.25) is 5.91 Å². The van der Waals surface area contributed by atoms with E-state index in [9.17, 15) is 18.0 Å². The van der Waals surface area contributed by atoms with E-state index in [1.807, 2.05) is 12.1 Å². The number of anilines is 1. The van der Waals surface area contributed by atoms with Crippen molar-refractivity contribution in [2.75, 3.05) is 16.8 Å². The number of nitrogens with one attached hydrogen (secondary N) is 1. The van der Waals surface area contributed by atoms with E-state index in [1.54, 1.807) is 0 Å². The molecule has 0 spiro atoms. The van der Waals surface area contributed by atoms with Crippen molar-refractivity contribution in [1.29, 1.82) is 0 Å². The van der Waals surface area contributed by atoms with E-state index in [2.05, 4.69) is 22.6 Å². The Kier molecular flexibility index (Phi) is 4.94. The number of nitrogens with zero attached hydrogens (tertiary/aromatic N) is 2. The molecule has 0 aromatic heterocycles. The number of hydrogen-bond donors (Lipinski definition) is 1. The number of sulfone groups is 1. The third-order valence-electron chi connectivity index (χ3n) is 8.67. The molecule has 6 aliphatic rings. The SMILES string of the molecule is O=C(Nc1ccc(C23CC4CC(CC(C4)C2)C3)cc1)C1=NN(C2CCS(=O)(=O)C2)C(=O)CC1. The molecule has 1 unspecified atom stereocenters. The van der Waals surface area contributed by atoms with E-state index in [-0.39, 0.29) is 41.9 Å². The first-order valence-corrected chi connectivity index (χ1v) is 14.1. The Morgan fingerprint density at radius 2 is 1.64 bits per heavy atom. The lowest BCUT2D eigenvalue weighted by atomic mass is 9.48. The lowest BCUT2D eigenvalue weighted by Gasteiger charge is -2.57. The lowest BCUT2D eigenvalue weighted by molar-refractivity contribution is -0.133. The fourth-order valence-corrected chi connectivity index (χ4v) is 9.25. The second-order valence-electron chi connectivity index (χ2n) is 11.1. The first-order chi connectivity index (χ1) is 15.8. The van der Waals surface area contributed by atoms with Gasteiger partial charge in [-0.15, -0.1) is 0 Å². The summed E-state index contributed by atoms with van der Waals surface area (Å²) in [7, 11) is -3.14. The molecule has 5 fully saturated rings. The normalized spacial score (nSPS) is 36.7. The maximum Gasteiger partial charge on any atom is 0.271 e. The van der Waals surface area contributed by atoms with Gasteiger partial charge in [-0.3, -0.25) is 9.59 Å². The number of hydrazone groups is 1. The molecule has 1 atom stereocenters. The summed E-state index contributed by atoms with van der Waals surface area (Å²) < 4.78 is 23.6. The number of carbonyl (C=O) groups is 2. The van der Waals surface area contributed by atoms with Gasteiger partial charge in [0.05, 0.1) is 17.5 Å². The summed E-state index contributed by atoms with van der Waals surface area (Å²) in [5.74, 6) is 2.11. The van der Waals surface area contributed by atoms with Crippen LogP contribution >= 0.6 is 0 Å². The Morgan fingerprint density at radius 3 is 2.21 bits per heavy atom. The lowest BCUT2D eigenvalue weighted by Crippen LogP contribution is -2.48. The van der Waals surface area contributed by atoms with Gasteiger partial charge >= 0.3 is 0 Å². The van der Waals surface area contributed by atoms with Gasteiger partial charge in [0.25, 0.3) is 5.91 Å². The van der Waals surface area contributed by atoms with Crippen LogP contribution < -0.4 is 5.32 Å². The monoisotopic (exact) mass is 469 g/mol. The Balaban J connectivity index is 1.15. The summed E-state index contributed by atoms with van der Waals surface area (Å²) in [4.78, 5) is 25.2. The minimum Gasteiger partial charge on any atom is -0.321 e. The van der Waals surface area contributed by atoms with Gasteiger partial charge in [-0.1, -0.05) is 12.1 Å². The average molecular weight is 470 g/mol. The third-order valence-corrected chi connectivity index (χ3v) is 10.4. The van der Waals surface area contributed by atoms with Crippen molar-refractivity contribution in [2.24, 2.45) is 22.9 Å². The number of carbonyl (C=O) groups excluding carboxylic acids is 2. The van der Waals surface area contributed by atoms with Crippen LogP contribution in [0.3, 0.4) is 0 Å². The van der Waals surface area contributed by atoms with Crippen LogP contribution in [0, 0.1) is 17.8 Å². The first-order valence-electron chi connectivity index (χ1n) is 12.3. The van der Waals surface area contributed by atoms with Gasteiger partial charge in [-0.05, 0) is 85.8 Å². The van der Waals surface area contributed by atoms with Crippen LogP contribution in [-0.2, 0) is 24.8 Å². The molecule has 4 bridgehead atoms. The Hall–Kier alpha value is -2.22. The molecule has 1 N–H and O–H groups in total. The van der Waals surface area contributed by atoms with Gasteiger partial charge in [0, 0.05) is 18.5 Å². The van der Waals surface area contributed by atoms with Gasteiger partial charge in [0.15, 0.2) is 9.84 Å². The maximum absolute atomic E-state index is 12.9. The number of benzene rings is 1. The van der Waals surface area contributed by atoms with Crippen molar-refractivity contribution in [3.05, 3.63) is 29.8 Å². The molecule has 4 aliphatic carbocycles. The largest absolute Gasteiger partial charge is 0.321 e. The summed E-state index contributed by atoms with van der Waals surface area (Å²) in [6.45, 7) is 0. The predicted octanol–water partition coefficient (Wildman–Crippen LogP) is 3.26. The molecule has 7 rings (SSSR count). The van der Waals surface area contributed by atoms with Crippen LogP contribution in [0.15, 0.2) is 29.4 Å². The van der Waals surface area contributed by atoms with Crippen LogP contribution in [0.5, 0.6) is 0 Å². The summed E-state index contributed by atoms with van der Waals surface area (Å²) in [5.41, 5.74) is 2.74. The topological polar surface area (TPSA) is 95.9 Å². The van der Waals surface area contributed by atoms with Crippen LogP contribution in [0.1, 0.15) is 63.4 Å². The zero-order valence-electron chi connectivity index (χ0n) is 18.8. The molecule has 2 amide bonds. The Bertz CT molecular complexity index is 1090. The second-order valence-corrected chi connectivity index (χ2v) is 13.3. The first kappa shape index (κ1) is 21.3. The van der Waals surface area contributed by atoms with Crippen LogP contribution in [-0.4, -0.2) is 48.5 Å². The highest BCUT2D eigenvalue weighted by molar-refractivity contribution is 7.91. The molecule has 0 radical (unpaired) electrons. The standard InChI is InChI=1S/C25H31N3O4S/c29-23-6-5-22(27-28(23)21-7-8-33(31,32)15-21)24(30)26-20-3-1-19(2-4-20)25-12-16-9-17(13-25)11-18(10-16)14-25/h1-4,16-18,21H,5-15H2,(H,26,30). The van der Waals surface area contributed by atoms with Gasteiger partial charge in [-0.2, -0.15) is 5.10 Å². The molecule has 8 heteroatoms. The van der Waals surface area contributed by atoms with E-state index < -0.39 is 15.9 Å². The van der Waals surface area contributed by atoms with Gasteiger partial charge in [-0.25, -0.2) is 13.4 Å².